The third kappa shape index (κ3) is 7.59. The van der Waals surface area contributed by atoms with E-state index in [4.69, 9.17) is 44.6 Å². The van der Waals surface area contributed by atoms with Crippen molar-refractivity contribution < 1.29 is 24.2 Å². The monoisotopic (exact) mass is 543 g/mol. The smallest absolute Gasteiger partial charge is 0.408 e. The van der Waals surface area contributed by atoms with Gasteiger partial charge in [0.2, 0.25) is 5.16 Å². The summed E-state index contributed by atoms with van der Waals surface area (Å²) < 4.78 is 5.06. The van der Waals surface area contributed by atoms with Crippen molar-refractivity contribution in [1.29, 1.82) is 0 Å². The van der Waals surface area contributed by atoms with Crippen LogP contribution < -0.4 is 5.32 Å². The number of Topliss-reactive ketones (excluding diaryl/α,β-unsaturated/α-hetero) is 1. The first-order chi connectivity index (χ1) is 16.2. The van der Waals surface area contributed by atoms with E-state index in [-0.39, 0.29) is 21.8 Å². The Morgan fingerprint density at radius 1 is 1.12 bits per heavy atom. The molecule has 2 N–H and O–H groups in total. The van der Waals surface area contributed by atoms with Crippen molar-refractivity contribution in [2.24, 2.45) is 0 Å². The number of carboxylic acids is 1. The standard InChI is InChI=1S/C20H16Cl3N5O5S/c21-12-6-13(22)18(14(23)7-12)34-19-25-27-28(26-19)9-16(29)15(8-17(30)31)24-20(32)33-10-11-4-2-1-3-5-11/h1-7,15H,8-10H2,(H,24,32)(H,30,31). The third-order valence-corrected chi connectivity index (χ3v) is 6.19. The van der Waals surface area contributed by atoms with E-state index in [2.05, 4.69) is 20.7 Å². The second-order valence-corrected chi connectivity index (χ2v) is 8.95. The van der Waals surface area contributed by atoms with Crippen LogP contribution in [-0.2, 0) is 27.5 Å². The molecule has 34 heavy (non-hydrogen) atoms. The molecule has 0 radical (unpaired) electrons. The van der Waals surface area contributed by atoms with Gasteiger partial charge >= 0.3 is 12.1 Å². The minimum absolute atomic E-state index is 0.0400. The SMILES string of the molecule is O=C(O)CC(NC(=O)OCc1ccccc1)C(=O)Cn1nnc(Sc2c(Cl)cc(Cl)cc2Cl)n1. The molecule has 178 valence electrons. The predicted molar refractivity (Wildman–Crippen MR) is 124 cm³/mol. The summed E-state index contributed by atoms with van der Waals surface area (Å²) in [6.45, 7) is -0.478. The van der Waals surface area contributed by atoms with Crippen molar-refractivity contribution in [2.75, 3.05) is 0 Å². The molecular weight excluding hydrogens is 529 g/mol. The van der Waals surface area contributed by atoms with Crippen molar-refractivity contribution in [2.45, 2.75) is 35.7 Å². The Morgan fingerprint density at radius 2 is 1.79 bits per heavy atom. The quantitative estimate of drug-likeness (QED) is 0.386. The van der Waals surface area contributed by atoms with Crippen molar-refractivity contribution in [3.8, 4) is 0 Å². The maximum Gasteiger partial charge on any atom is 0.408 e. The Balaban J connectivity index is 1.61. The molecule has 0 aliphatic heterocycles. The molecule has 0 saturated carbocycles. The van der Waals surface area contributed by atoms with Gasteiger partial charge in [0, 0.05) is 5.02 Å². The summed E-state index contributed by atoms with van der Waals surface area (Å²) in [5.74, 6) is -1.94. The fourth-order valence-electron chi connectivity index (χ4n) is 2.63. The van der Waals surface area contributed by atoms with E-state index in [0.29, 0.717) is 9.92 Å². The molecule has 0 bridgehead atoms. The topological polar surface area (TPSA) is 136 Å². The molecule has 0 saturated heterocycles. The largest absolute Gasteiger partial charge is 0.481 e. The summed E-state index contributed by atoms with van der Waals surface area (Å²) in [4.78, 5) is 37.3. The van der Waals surface area contributed by atoms with Gasteiger partial charge in [0.15, 0.2) is 5.78 Å². The molecule has 2 aromatic carbocycles. The Labute approximate surface area is 212 Å². The molecule has 1 unspecified atom stereocenters. The van der Waals surface area contributed by atoms with Gasteiger partial charge in [-0.25, -0.2) is 4.79 Å². The number of benzene rings is 2. The number of rotatable bonds is 10. The maximum absolute atomic E-state index is 12.6. The number of carboxylic acid groups (broad SMARTS) is 1. The van der Waals surface area contributed by atoms with Crippen LogP contribution in [0.4, 0.5) is 4.79 Å². The summed E-state index contributed by atoms with van der Waals surface area (Å²) in [7, 11) is 0. The minimum atomic E-state index is -1.36. The molecule has 14 heteroatoms. The van der Waals surface area contributed by atoms with Gasteiger partial charge in [-0.15, -0.1) is 10.2 Å². The fraction of sp³-hybridized carbons (Fsp3) is 0.200. The normalized spacial score (nSPS) is 11.6. The number of ketones is 1. The highest BCUT2D eigenvalue weighted by atomic mass is 35.5. The van der Waals surface area contributed by atoms with Crippen molar-refractivity contribution >= 4 is 64.4 Å². The number of amides is 1. The van der Waals surface area contributed by atoms with Crippen LogP contribution in [0, 0.1) is 0 Å². The number of aromatic nitrogens is 4. The average Bonchev–Trinajstić information content (AvgIpc) is 3.21. The van der Waals surface area contributed by atoms with E-state index in [1.807, 2.05) is 6.07 Å². The highest BCUT2D eigenvalue weighted by Crippen LogP contribution is 2.38. The average molecular weight is 545 g/mol. The fourth-order valence-corrected chi connectivity index (χ4v) is 4.39. The van der Waals surface area contributed by atoms with Crippen molar-refractivity contribution in [1.82, 2.24) is 25.5 Å². The van der Waals surface area contributed by atoms with Gasteiger partial charge in [0.25, 0.3) is 0 Å². The molecular formula is C20H16Cl3N5O5S. The van der Waals surface area contributed by atoms with E-state index in [1.54, 1.807) is 24.3 Å². The molecule has 0 fully saturated rings. The summed E-state index contributed by atoms with van der Waals surface area (Å²) in [6, 6.07) is 10.5. The van der Waals surface area contributed by atoms with E-state index < -0.39 is 36.9 Å². The second kappa shape index (κ2) is 12.0. The third-order valence-electron chi connectivity index (χ3n) is 4.16. The van der Waals surface area contributed by atoms with Gasteiger partial charge in [0.1, 0.15) is 19.2 Å². The lowest BCUT2D eigenvalue weighted by Crippen LogP contribution is -2.44. The van der Waals surface area contributed by atoms with Crippen molar-refractivity contribution in [3.05, 3.63) is 63.1 Å². The van der Waals surface area contributed by atoms with Crippen LogP contribution in [0.25, 0.3) is 0 Å². The van der Waals surface area contributed by atoms with Gasteiger partial charge in [-0.1, -0.05) is 65.1 Å². The predicted octanol–water partition coefficient (Wildman–Crippen LogP) is 4.12. The van der Waals surface area contributed by atoms with E-state index >= 15 is 0 Å². The second-order valence-electron chi connectivity index (χ2n) is 6.73. The molecule has 0 spiro atoms. The molecule has 1 heterocycles. The van der Waals surface area contributed by atoms with Crippen LogP contribution in [0.15, 0.2) is 52.5 Å². The minimum Gasteiger partial charge on any atom is -0.481 e. The van der Waals surface area contributed by atoms with Gasteiger partial charge < -0.3 is 15.2 Å². The molecule has 1 aromatic heterocycles. The number of carbonyl (C=O) groups excluding carboxylic acids is 2. The number of carbonyl (C=O) groups is 3. The number of tetrazole rings is 1. The summed E-state index contributed by atoms with van der Waals surface area (Å²) in [5.41, 5.74) is 0.733. The molecule has 3 aromatic rings. The lowest BCUT2D eigenvalue weighted by atomic mass is 10.1. The molecule has 3 rings (SSSR count). The summed E-state index contributed by atoms with van der Waals surface area (Å²) in [6.07, 6.45) is -1.58. The maximum atomic E-state index is 12.6. The van der Waals surface area contributed by atoms with Gasteiger partial charge in [0.05, 0.1) is 21.4 Å². The van der Waals surface area contributed by atoms with Gasteiger partial charge in [-0.2, -0.15) is 4.80 Å². The Kier molecular flexibility index (Phi) is 9.11. The lowest BCUT2D eigenvalue weighted by molar-refractivity contribution is -0.139. The van der Waals surface area contributed by atoms with Crippen molar-refractivity contribution in [3.63, 3.8) is 0 Å². The number of nitrogens with zero attached hydrogens (tertiary/aromatic N) is 4. The zero-order valence-corrected chi connectivity index (χ0v) is 20.2. The number of hydrogen-bond donors (Lipinski definition) is 2. The van der Waals surface area contributed by atoms with Crippen LogP contribution in [-0.4, -0.2) is 49.2 Å². The van der Waals surface area contributed by atoms with Gasteiger partial charge in [-0.3, -0.25) is 9.59 Å². The summed E-state index contributed by atoms with van der Waals surface area (Å²) in [5, 5.41) is 24.1. The highest BCUT2D eigenvalue weighted by molar-refractivity contribution is 7.99. The number of alkyl carbamates (subject to hydrolysis) is 1. The number of aliphatic carboxylic acids is 1. The first kappa shape index (κ1) is 25.8. The first-order valence-electron chi connectivity index (χ1n) is 9.53. The molecule has 0 aliphatic carbocycles. The number of nitrogens with one attached hydrogen (secondary N) is 1. The molecule has 0 aliphatic rings. The summed E-state index contributed by atoms with van der Waals surface area (Å²) >= 11 is 19.2. The van der Waals surface area contributed by atoms with E-state index in [9.17, 15) is 14.4 Å². The zero-order valence-electron chi connectivity index (χ0n) is 17.2. The van der Waals surface area contributed by atoms with Crippen LogP contribution in [0.5, 0.6) is 0 Å². The number of halogens is 3. The Morgan fingerprint density at radius 3 is 2.44 bits per heavy atom. The van der Waals surface area contributed by atoms with Gasteiger partial charge in [-0.05, 0) is 34.7 Å². The molecule has 1 atom stereocenters. The van der Waals surface area contributed by atoms with E-state index in [1.165, 1.54) is 12.1 Å². The van der Waals surface area contributed by atoms with Crippen LogP contribution in [0.1, 0.15) is 12.0 Å². The van der Waals surface area contributed by atoms with E-state index in [0.717, 1.165) is 22.1 Å². The van der Waals surface area contributed by atoms with Crippen LogP contribution >= 0.6 is 46.6 Å². The first-order valence-corrected chi connectivity index (χ1v) is 11.5. The molecule has 1 amide bonds. The molecule has 10 nitrogen and oxygen atoms in total. The lowest BCUT2D eigenvalue weighted by Gasteiger charge is -2.15. The zero-order chi connectivity index (χ0) is 24.7. The Bertz CT molecular complexity index is 1170. The van der Waals surface area contributed by atoms with Crippen LogP contribution in [0.3, 0.4) is 0 Å². The Hall–Kier alpha value is -2.86. The number of ether oxygens (including phenoxy) is 1. The van der Waals surface area contributed by atoms with Crippen LogP contribution in [0.2, 0.25) is 15.1 Å². The number of hydrogen-bond acceptors (Lipinski definition) is 8. The highest BCUT2D eigenvalue weighted by Gasteiger charge is 2.25.